The second kappa shape index (κ2) is 7.01. The van der Waals surface area contributed by atoms with Crippen molar-refractivity contribution < 1.29 is 13.9 Å². The summed E-state index contributed by atoms with van der Waals surface area (Å²) in [6, 6.07) is 14.3. The maximum atomic E-state index is 13.1. The van der Waals surface area contributed by atoms with Crippen LogP contribution in [0, 0.1) is 5.82 Å². The van der Waals surface area contributed by atoms with Crippen LogP contribution in [0.15, 0.2) is 48.5 Å². The Hall–Kier alpha value is -2.40. The lowest BCUT2D eigenvalue weighted by molar-refractivity contribution is -0.119. The minimum absolute atomic E-state index is 0.260. The second-order valence-electron chi connectivity index (χ2n) is 6.23. The monoisotopic (exact) mass is 328 g/mol. The van der Waals surface area contributed by atoms with Crippen molar-refractivity contribution in [2.45, 2.75) is 38.0 Å². The lowest BCUT2D eigenvalue weighted by Crippen LogP contribution is -2.40. The van der Waals surface area contributed by atoms with Gasteiger partial charge in [0.05, 0.1) is 6.04 Å². The molecule has 1 saturated carbocycles. The van der Waals surface area contributed by atoms with Gasteiger partial charge in [0.2, 0.25) is 5.91 Å². The van der Waals surface area contributed by atoms with Gasteiger partial charge >= 0.3 is 0 Å². The Morgan fingerprint density at radius 3 is 2.75 bits per heavy atom. The molecule has 126 valence electrons. The number of hydrogen-bond donors (Lipinski definition) is 2. The van der Waals surface area contributed by atoms with Crippen LogP contribution in [0.1, 0.15) is 30.4 Å². The predicted octanol–water partition coefficient (Wildman–Crippen LogP) is 2.72. The zero-order chi connectivity index (χ0) is 17.1. The number of halogens is 1. The summed E-state index contributed by atoms with van der Waals surface area (Å²) in [5, 5.41) is 3.23. The number of benzene rings is 2. The number of nitrogens with two attached hydrogens (primary N) is 1. The molecule has 0 aliphatic heterocycles. The lowest BCUT2D eigenvalue weighted by Gasteiger charge is -2.10. The Morgan fingerprint density at radius 1 is 1.33 bits per heavy atom. The molecule has 0 radical (unpaired) electrons. The minimum Gasteiger partial charge on any atom is -0.489 e. The SMILES string of the molecule is C[C@@H](NC1CC1c1ccc(OCc2cccc(F)c2)cc1)C(N)=O. The lowest BCUT2D eigenvalue weighted by atomic mass is 10.1. The van der Waals surface area contributed by atoms with E-state index < -0.39 is 0 Å². The van der Waals surface area contributed by atoms with Crippen LogP contribution in [-0.4, -0.2) is 18.0 Å². The standard InChI is InChI=1S/C19H21FN2O2/c1-12(19(21)23)22-18-10-17(18)14-5-7-16(8-6-14)24-11-13-3-2-4-15(20)9-13/h2-9,12,17-18,22H,10-11H2,1H3,(H2,21,23)/t12-,17?,18?/m1/s1. The van der Waals surface area contributed by atoms with Gasteiger partial charge in [0.1, 0.15) is 18.2 Å². The number of carbonyl (C=O) groups is 1. The predicted molar refractivity (Wildman–Crippen MR) is 90.1 cm³/mol. The van der Waals surface area contributed by atoms with E-state index in [0.717, 1.165) is 17.7 Å². The molecule has 2 unspecified atom stereocenters. The van der Waals surface area contributed by atoms with Gasteiger partial charge in [-0.1, -0.05) is 24.3 Å². The zero-order valence-corrected chi connectivity index (χ0v) is 13.5. The Bertz CT molecular complexity index is 718. The summed E-state index contributed by atoms with van der Waals surface area (Å²) in [6.45, 7) is 2.11. The first kappa shape index (κ1) is 16.5. The van der Waals surface area contributed by atoms with Gasteiger partial charge in [0, 0.05) is 12.0 Å². The van der Waals surface area contributed by atoms with E-state index >= 15 is 0 Å². The van der Waals surface area contributed by atoms with E-state index in [0.29, 0.717) is 18.6 Å². The van der Waals surface area contributed by atoms with Crippen molar-refractivity contribution in [2.75, 3.05) is 0 Å². The molecule has 0 saturated heterocycles. The highest BCUT2D eigenvalue weighted by molar-refractivity contribution is 5.79. The molecule has 2 aromatic carbocycles. The van der Waals surface area contributed by atoms with Crippen LogP contribution in [0.4, 0.5) is 4.39 Å². The summed E-state index contributed by atoms with van der Waals surface area (Å²) in [5.74, 6) is 0.563. The van der Waals surface area contributed by atoms with Gasteiger partial charge in [-0.2, -0.15) is 0 Å². The molecule has 24 heavy (non-hydrogen) atoms. The summed E-state index contributed by atoms with van der Waals surface area (Å²) in [7, 11) is 0. The average molecular weight is 328 g/mol. The van der Waals surface area contributed by atoms with Crippen molar-refractivity contribution >= 4 is 5.91 Å². The first-order valence-corrected chi connectivity index (χ1v) is 8.05. The van der Waals surface area contributed by atoms with Crippen LogP contribution in [0.3, 0.4) is 0 Å². The molecule has 0 bridgehead atoms. The number of hydrogen-bond acceptors (Lipinski definition) is 3. The van der Waals surface area contributed by atoms with Crippen LogP contribution in [0.25, 0.3) is 0 Å². The summed E-state index contributed by atoms with van der Waals surface area (Å²) in [5.41, 5.74) is 7.27. The van der Waals surface area contributed by atoms with Gasteiger partial charge in [0.25, 0.3) is 0 Å². The maximum Gasteiger partial charge on any atom is 0.234 e. The van der Waals surface area contributed by atoms with Crippen LogP contribution < -0.4 is 15.8 Å². The molecule has 2 aromatic rings. The molecule has 5 heteroatoms. The van der Waals surface area contributed by atoms with Crippen molar-refractivity contribution in [1.82, 2.24) is 5.32 Å². The molecule has 3 rings (SSSR count). The van der Waals surface area contributed by atoms with Gasteiger partial charge in [-0.15, -0.1) is 0 Å². The third kappa shape index (κ3) is 4.11. The quantitative estimate of drug-likeness (QED) is 0.821. The molecule has 1 amide bonds. The van der Waals surface area contributed by atoms with Crippen molar-refractivity contribution in [3.05, 3.63) is 65.5 Å². The molecule has 1 fully saturated rings. The summed E-state index contributed by atoms with van der Waals surface area (Å²) >= 11 is 0. The Labute approximate surface area is 140 Å². The first-order chi connectivity index (χ1) is 11.5. The minimum atomic E-state index is -0.332. The zero-order valence-electron chi connectivity index (χ0n) is 13.5. The van der Waals surface area contributed by atoms with E-state index in [2.05, 4.69) is 5.32 Å². The molecule has 0 spiro atoms. The second-order valence-corrected chi connectivity index (χ2v) is 6.23. The topological polar surface area (TPSA) is 64.3 Å². The number of rotatable bonds is 7. The summed E-state index contributed by atoms with van der Waals surface area (Å²) < 4.78 is 18.8. The smallest absolute Gasteiger partial charge is 0.234 e. The number of amides is 1. The van der Waals surface area contributed by atoms with Crippen LogP contribution in [0.5, 0.6) is 5.75 Å². The molecule has 0 aromatic heterocycles. The molecule has 4 nitrogen and oxygen atoms in total. The van der Waals surface area contributed by atoms with Crippen LogP contribution in [0.2, 0.25) is 0 Å². The molecular formula is C19H21FN2O2. The Kier molecular flexibility index (Phi) is 4.81. The van der Waals surface area contributed by atoms with E-state index in [4.69, 9.17) is 10.5 Å². The fraction of sp³-hybridized carbons (Fsp3) is 0.316. The highest BCUT2D eigenvalue weighted by Crippen LogP contribution is 2.41. The number of carbonyl (C=O) groups excluding carboxylic acids is 1. The molecule has 0 heterocycles. The number of ether oxygens (including phenoxy) is 1. The highest BCUT2D eigenvalue weighted by Gasteiger charge is 2.39. The fourth-order valence-corrected chi connectivity index (χ4v) is 2.76. The Morgan fingerprint density at radius 2 is 2.08 bits per heavy atom. The van der Waals surface area contributed by atoms with Crippen LogP contribution in [-0.2, 0) is 11.4 Å². The number of nitrogens with one attached hydrogen (secondary N) is 1. The number of primary amides is 1. The van der Waals surface area contributed by atoms with Crippen molar-refractivity contribution in [3.8, 4) is 5.75 Å². The fourth-order valence-electron chi connectivity index (χ4n) is 2.76. The molecular weight excluding hydrogens is 307 g/mol. The highest BCUT2D eigenvalue weighted by atomic mass is 19.1. The average Bonchev–Trinajstić information content (AvgIpc) is 3.32. The molecule has 1 aliphatic carbocycles. The van der Waals surface area contributed by atoms with E-state index in [1.54, 1.807) is 13.0 Å². The Balaban J connectivity index is 1.52. The van der Waals surface area contributed by atoms with Gasteiger partial charge < -0.3 is 15.8 Å². The van der Waals surface area contributed by atoms with Crippen molar-refractivity contribution in [1.29, 1.82) is 0 Å². The third-order valence-electron chi connectivity index (χ3n) is 4.28. The molecule has 3 atom stereocenters. The normalized spacial score (nSPS) is 20.4. The summed E-state index contributed by atoms with van der Waals surface area (Å²) in [6.07, 6.45) is 1.00. The van der Waals surface area contributed by atoms with Gasteiger partial charge in [-0.05, 0) is 48.7 Å². The summed E-state index contributed by atoms with van der Waals surface area (Å²) in [4.78, 5) is 11.1. The van der Waals surface area contributed by atoms with Gasteiger partial charge in [0.15, 0.2) is 0 Å². The van der Waals surface area contributed by atoms with Crippen LogP contribution >= 0.6 is 0 Å². The van der Waals surface area contributed by atoms with Gasteiger partial charge in [-0.25, -0.2) is 4.39 Å². The van der Waals surface area contributed by atoms with E-state index in [9.17, 15) is 9.18 Å². The van der Waals surface area contributed by atoms with Crippen molar-refractivity contribution in [2.24, 2.45) is 5.73 Å². The first-order valence-electron chi connectivity index (χ1n) is 8.05. The van der Waals surface area contributed by atoms with E-state index in [1.807, 2.05) is 30.3 Å². The van der Waals surface area contributed by atoms with E-state index in [1.165, 1.54) is 17.7 Å². The third-order valence-corrected chi connectivity index (χ3v) is 4.28. The largest absolute Gasteiger partial charge is 0.489 e. The maximum absolute atomic E-state index is 13.1. The van der Waals surface area contributed by atoms with Crippen molar-refractivity contribution in [3.63, 3.8) is 0 Å². The van der Waals surface area contributed by atoms with Gasteiger partial charge in [-0.3, -0.25) is 4.79 Å². The van der Waals surface area contributed by atoms with E-state index in [-0.39, 0.29) is 17.8 Å². The molecule has 1 aliphatic rings. The molecule has 3 N–H and O–H groups in total.